The van der Waals surface area contributed by atoms with Gasteiger partial charge in [0.25, 0.3) is 0 Å². The van der Waals surface area contributed by atoms with Gasteiger partial charge in [-0.25, -0.2) is 9.07 Å². The van der Waals surface area contributed by atoms with Gasteiger partial charge >= 0.3 is 0 Å². The highest BCUT2D eigenvalue weighted by atomic mass is 19.1. The Balaban J connectivity index is 2.05. The van der Waals surface area contributed by atoms with Gasteiger partial charge in [0.1, 0.15) is 11.6 Å². The van der Waals surface area contributed by atoms with Gasteiger partial charge in [0.15, 0.2) is 0 Å². The molecule has 31 heavy (non-hydrogen) atoms. The summed E-state index contributed by atoms with van der Waals surface area (Å²) in [6, 6.07) is 7.15. The zero-order valence-corrected chi connectivity index (χ0v) is 19.7. The van der Waals surface area contributed by atoms with E-state index in [9.17, 15) is 9.18 Å². The van der Waals surface area contributed by atoms with Crippen molar-refractivity contribution in [2.75, 3.05) is 31.1 Å². The summed E-state index contributed by atoms with van der Waals surface area (Å²) < 4.78 is 15.9. The minimum Gasteiger partial charge on any atom is -0.354 e. The van der Waals surface area contributed by atoms with Crippen LogP contribution in [0.15, 0.2) is 24.3 Å². The fraction of sp³-hybridized carbons (Fsp3) is 0.583. The van der Waals surface area contributed by atoms with Crippen molar-refractivity contribution in [2.45, 2.75) is 66.6 Å². The first-order chi connectivity index (χ1) is 14.7. The van der Waals surface area contributed by atoms with Gasteiger partial charge in [-0.15, -0.1) is 0 Å². The molecule has 1 saturated heterocycles. The van der Waals surface area contributed by atoms with Gasteiger partial charge in [0.05, 0.1) is 17.9 Å². The van der Waals surface area contributed by atoms with E-state index in [2.05, 4.69) is 23.6 Å². The summed E-state index contributed by atoms with van der Waals surface area (Å²) in [6.45, 7) is 16.6. The van der Waals surface area contributed by atoms with E-state index >= 15 is 0 Å². The van der Waals surface area contributed by atoms with Crippen molar-refractivity contribution in [3.05, 3.63) is 41.3 Å². The van der Waals surface area contributed by atoms with Crippen molar-refractivity contribution >= 4 is 11.7 Å². The largest absolute Gasteiger partial charge is 0.354 e. The molecule has 0 atom stereocenters. The van der Waals surface area contributed by atoms with Gasteiger partial charge in [-0.3, -0.25) is 9.69 Å². The normalized spacial score (nSPS) is 15.2. The second-order valence-electron chi connectivity index (χ2n) is 8.86. The second-order valence-corrected chi connectivity index (χ2v) is 8.86. The summed E-state index contributed by atoms with van der Waals surface area (Å²) in [6.07, 6.45) is 0.470. The number of nitrogens with zero attached hydrogens (tertiary/aromatic N) is 5. The molecule has 0 aliphatic carbocycles. The molecule has 0 saturated carbocycles. The van der Waals surface area contributed by atoms with Crippen LogP contribution in [0.1, 0.15) is 52.3 Å². The number of rotatable bonds is 7. The Morgan fingerprint density at radius 2 is 1.84 bits per heavy atom. The van der Waals surface area contributed by atoms with Crippen molar-refractivity contribution in [3.63, 3.8) is 0 Å². The third-order valence-corrected chi connectivity index (χ3v) is 6.13. The van der Waals surface area contributed by atoms with Gasteiger partial charge in [0, 0.05) is 50.2 Å². The number of carbonyl (C=O) groups is 1. The van der Waals surface area contributed by atoms with Crippen molar-refractivity contribution in [1.29, 1.82) is 0 Å². The molecule has 0 N–H and O–H groups in total. The fourth-order valence-corrected chi connectivity index (χ4v) is 4.23. The maximum atomic E-state index is 14.0. The third kappa shape index (κ3) is 5.09. The number of anilines is 1. The van der Waals surface area contributed by atoms with E-state index in [0.717, 1.165) is 43.3 Å². The first-order valence-electron chi connectivity index (χ1n) is 11.4. The van der Waals surface area contributed by atoms with Crippen molar-refractivity contribution < 1.29 is 9.18 Å². The molecule has 3 rings (SSSR count). The quantitative estimate of drug-likeness (QED) is 0.667. The monoisotopic (exact) mass is 429 g/mol. The van der Waals surface area contributed by atoms with E-state index < -0.39 is 0 Å². The molecule has 1 aromatic heterocycles. The summed E-state index contributed by atoms with van der Waals surface area (Å²) in [5, 5.41) is 4.81. The van der Waals surface area contributed by atoms with Gasteiger partial charge in [-0.05, 0) is 52.8 Å². The molecule has 1 aliphatic rings. The lowest BCUT2D eigenvalue weighted by Gasteiger charge is -2.39. The van der Waals surface area contributed by atoms with Gasteiger partial charge in [-0.2, -0.15) is 5.10 Å². The number of amides is 1. The first-order valence-corrected chi connectivity index (χ1v) is 11.4. The van der Waals surface area contributed by atoms with Crippen LogP contribution in [0.2, 0.25) is 0 Å². The van der Waals surface area contributed by atoms with Crippen molar-refractivity contribution in [2.24, 2.45) is 0 Å². The molecule has 2 aromatic rings. The minimum atomic E-state index is -0.284. The van der Waals surface area contributed by atoms with E-state index in [1.165, 1.54) is 12.1 Å². The fourth-order valence-electron chi connectivity index (χ4n) is 4.23. The smallest absolute Gasteiger partial charge is 0.222 e. The Hall–Kier alpha value is -2.41. The zero-order valence-electron chi connectivity index (χ0n) is 19.7. The molecule has 2 heterocycles. The Morgan fingerprint density at radius 3 is 2.39 bits per heavy atom. The van der Waals surface area contributed by atoms with Gasteiger partial charge < -0.3 is 9.80 Å². The van der Waals surface area contributed by atoms with Crippen LogP contribution in [0.3, 0.4) is 0 Å². The lowest BCUT2D eigenvalue weighted by Crippen LogP contribution is -2.49. The molecule has 0 spiro atoms. The number of benzene rings is 1. The molecule has 6 nitrogen and oxygen atoms in total. The lowest BCUT2D eigenvalue weighted by atomic mass is 10.1. The Morgan fingerprint density at radius 1 is 1.16 bits per heavy atom. The minimum absolute atomic E-state index is 0.0926. The Bertz CT molecular complexity index is 899. The van der Waals surface area contributed by atoms with E-state index in [-0.39, 0.29) is 17.8 Å². The summed E-state index contributed by atoms with van der Waals surface area (Å²) in [7, 11) is 0. The molecule has 0 bridgehead atoms. The zero-order chi connectivity index (χ0) is 22.7. The van der Waals surface area contributed by atoms with Crippen molar-refractivity contribution in [1.82, 2.24) is 19.6 Å². The molecule has 0 unspecified atom stereocenters. The van der Waals surface area contributed by atoms with Gasteiger partial charge in [-0.1, -0.05) is 13.0 Å². The van der Waals surface area contributed by atoms with E-state index in [1.807, 2.05) is 43.3 Å². The van der Waals surface area contributed by atoms with Crippen LogP contribution in [0.5, 0.6) is 0 Å². The average Bonchev–Trinajstić information content (AvgIpc) is 3.07. The number of carbonyl (C=O) groups excluding carboxylic acids is 1. The number of hydrogen-bond donors (Lipinski definition) is 0. The summed E-state index contributed by atoms with van der Waals surface area (Å²) in [5.74, 6) is 0.817. The van der Waals surface area contributed by atoms with Crippen LogP contribution in [-0.2, 0) is 11.3 Å². The number of aromatic nitrogens is 2. The Kier molecular flexibility index (Phi) is 7.36. The molecule has 170 valence electrons. The molecule has 1 aliphatic heterocycles. The van der Waals surface area contributed by atoms with E-state index in [4.69, 9.17) is 5.10 Å². The molecule has 1 amide bonds. The molecular formula is C24H36FN5O. The SMILES string of the molecule is CCC(=O)N(Cc1c(C)nn(-c2cccc(F)c2)c1N1CCN(C(C)C)CC1)C(C)C. The van der Waals surface area contributed by atoms with Crippen LogP contribution in [0, 0.1) is 12.7 Å². The highest BCUT2D eigenvalue weighted by molar-refractivity contribution is 5.76. The predicted molar refractivity (Wildman–Crippen MR) is 123 cm³/mol. The maximum absolute atomic E-state index is 14.0. The van der Waals surface area contributed by atoms with E-state index in [0.29, 0.717) is 24.7 Å². The third-order valence-electron chi connectivity index (χ3n) is 6.13. The molecule has 1 aromatic carbocycles. The number of piperazine rings is 1. The second kappa shape index (κ2) is 9.81. The van der Waals surface area contributed by atoms with Crippen molar-refractivity contribution in [3.8, 4) is 5.69 Å². The molecule has 7 heteroatoms. The van der Waals surface area contributed by atoms with Crippen LogP contribution in [0.4, 0.5) is 10.2 Å². The van der Waals surface area contributed by atoms with Gasteiger partial charge in [0.2, 0.25) is 5.91 Å². The van der Waals surface area contributed by atoms with Crippen LogP contribution in [-0.4, -0.2) is 63.8 Å². The standard InChI is InChI=1S/C24H36FN5O/c1-7-23(31)29(18(4)5)16-22-19(6)26-30(21-10-8-9-20(25)15-21)24(22)28-13-11-27(12-14-28)17(2)3/h8-10,15,17-18H,7,11-14,16H2,1-6H3. The molecule has 0 radical (unpaired) electrons. The highest BCUT2D eigenvalue weighted by Crippen LogP contribution is 2.30. The molecular weight excluding hydrogens is 393 g/mol. The number of hydrogen-bond acceptors (Lipinski definition) is 4. The summed E-state index contributed by atoms with van der Waals surface area (Å²) in [5.41, 5.74) is 2.62. The average molecular weight is 430 g/mol. The molecule has 1 fully saturated rings. The van der Waals surface area contributed by atoms with E-state index in [1.54, 1.807) is 6.07 Å². The first kappa shape index (κ1) is 23.3. The number of aryl methyl sites for hydroxylation is 1. The maximum Gasteiger partial charge on any atom is 0.222 e. The van der Waals surface area contributed by atoms with Crippen LogP contribution >= 0.6 is 0 Å². The number of halogens is 1. The predicted octanol–water partition coefficient (Wildman–Crippen LogP) is 4.00. The topological polar surface area (TPSA) is 44.6 Å². The summed E-state index contributed by atoms with van der Waals surface area (Å²) in [4.78, 5) is 19.3. The van der Waals surface area contributed by atoms with Crippen LogP contribution in [0.25, 0.3) is 5.69 Å². The summed E-state index contributed by atoms with van der Waals surface area (Å²) >= 11 is 0. The lowest BCUT2D eigenvalue weighted by molar-refractivity contribution is -0.133. The Labute approximate surface area is 185 Å². The van der Waals surface area contributed by atoms with Crippen LogP contribution < -0.4 is 4.90 Å². The highest BCUT2D eigenvalue weighted by Gasteiger charge is 2.28.